The molecule has 31 heavy (non-hydrogen) atoms. The Balaban J connectivity index is 1.24. The van der Waals surface area contributed by atoms with Crippen LogP contribution in [0.15, 0.2) is 48.5 Å². The molecule has 1 saturated carbocycles. The van der Waals surface area contributed by atoms with Gasteiger partial charge in [0.1, 0.15) is 11.9 Å². The lowest BCUT2D eigenvalue weighted by Gasteiger charge is -2.29. The van der Waals surface area contributed by atoms with Crippen molar-refractivity contribution in [3.8, 4) is 11.5 Å². The fourth-order valence-electron chi connectivity index (χ4n) is 3.65. The van der Waals surface area contributed by atoms with E-state index in [9.17, 15) is 14.0 Å². The average Bonchev–Trinajstić information content (AvgIpc) is 3.22. The van der Waals surface area contributed by atoms with E-state index in [0.29, 0.717) is 23.6 Å². The zero-order chi connectivity index (χ0) is 21.6. The van der Waals surface area contributed by atoms with E-state index in [-0.39, 0.29) is 30.7 Å². The minimum atomic E-state index is -0.591. The lowest BCUT2D eigenvalue weighted by molar-refractivity contribution is -0.117. The molecule has 1 fully saturated rings. The Morgan fingerprint density at radius 1 is 1.06 bits per heavy atom. The van der Waals surface area contributed by atoms with E-state index in [1.54, 1.807) is 12.1 Å². The highest BCUT2D eigenvalue weighted by atomic mass is 19.1. The van der Waals surface area contributed by atoms with Crippen molar-refractivity contribution in [3.05, 3.63) is 59.9 Å². The average molecular weight is 426 g/mol. The van der Waals surface area contributed by atoms with Crippen molar-refractivity contribution in [2.45, 2.75) is 37.8 Å². The van der Waals surface area contributed by atoms with Crippen LogP contribution in [-0.2, 0) is 9.53 Å². The van der Waals surface area contributed by atoms with Gasteiger partial charge in [-0.2, -0.15) is 0 Å². The van der Waals surface area contributed by atoms with E-state index in [1.165, 1.54) is 30.3 Å². The molecule has 1 aliphatic carbocycles. The topological polar surface area (TPSA) is 85.9 Å². The molecule has 162 valence electrons. The zero-order valence-electron chi connectivity index (χ0n) is 16.8. The number of benzene rings is 2. The normalized spacial score (nSPS) is 19.8. The summed E-state index contributed by atoms with van der Waals surface area (Å²) in [5.74, 6) is 0.767. The Morgan fingerprint density at radius 2 is 1.87 bits per heavy atom. The first-order valence-corrected chi connectivity index (χ1v) is 10.2. The summed E-state index contributed by atoms with van der Waals surface area (Å²) in [4.78, 5) is 24.4. The van der Waals surface area contributed by atoms with Crippen molar-refractivity contribution in [2.75, 3.05) is 12.1 Å². The van der Waals surface area contributed by atoms with Gasteiger partial charge >= 0.3 is 6.09 Å². The molecule has 0 aromatic heterocycles. The minimum absolute atomic E-state index is 0.0775. The third kappa shape index (κ3) is 5.75. The Bertz CT molecular complexity index is 976. The summed E-state index contributed by atoms with van der Waals surface area (Å²) in [6.45, 7) is 0.204. The van der Waals surface area contributed by atoms with Gasteiger partial charge in [-0.1, -0.05) is 6.07 Å². The summed E-state index contributed by atoms with van der Waals surface area (Å²) >= 11 is 0. The number of amides is 2. The minimum Gasteiger partial charge on any atom is -0.454 e. The number of ether oxygens (including phenoxy) is 3. The van der Waals surface area contributed by atoms with Gasteiger partial charge in [-0.15, -0.1) is 0 Å². The summed E-state index contributed by atoms with van der Waals surface area (Å²) in [6.07, 6.45) is 5.24. The Labute approximate surface area is 179 Å². The number of fused-ring (bicyclic) bond motifs is 1. The van der Waals surface area contributed by atoms with Crippen molar-refractivity contribution in [3.63, 3.8) is 0 Å². The molecule has 0 spiro atoms. The number of carbonyl (C=O) groups excluding carboxylic acids is 2. The molecule has 0 unspecified atom stereocenters. The van der Waals surface area contributed by atoms with Crippen LogP contribution in [0.3, 0.4) is 0 Å². The van der Waals surface area contributed by atoms with E-state index >= 15 is 0 Å². The van der Waals surface area contributed by atoms with E-state index in [2.05, 4.69) is 10.6 Å². The standard InChI is InChI=1S/C23H23FN2O5/c24-16-6-8-17(9-7-16)26-23(28)31-19-3-1-2-18(13-19)25-22(27)11-5-15-4-10-20-21(12-15)30-14-29-20/h4-12,18-19H,1-3,13-14H2,(H,25,27)(H,26,28)/b11-5+/t18-,19-/m1/s1. The molecular weight excluding hydrogens is 403 g/mol. The summed E-state index contributed by atoms with van der Waals surface area (Å²) in [6, 6.07) is 10.8. The van der Waals surface area contributed by atoms with Crippen molar-refractivity contribution in [1.29, 1.82) is 0 Å². The van der Waals surface area contributed by atoms with Gasteiger partial charge in [0.2, 0.25) is 12.7 Å². The van der Waals surface area contributed by atoms with Crippen LogP contribution in [0.2, 0.25) is 0 Å². The number of anilines is 1. The molecule has 1 heterocycles. The van der Waals surface area contributed by atoms with Crippen molar-refractivity contribution < 1.29 is 28.2 Å². The van der Waals surface area contributed by atoms with Gasteiger partial charge in [-0.3, -0.25) is 10.1 Å². The van der Waals surface area contributed by atoms with Crippen LogP contribution in [0, 0.1) is 5.82 Å². The maximum Gasteiger partial charge on any atom is 0.411 e. The second-order valence-corrected chi connectivity index (χ2v) is 7.48. The van der Waals surface area contributed by atoms with Gasteiger partial charge in [0.25, 0.3) is 0 Å². The smallest absolute Gasteiger partial charge is 0.411 e. The second-order valence-electron chi connectivity index (χ2n) is 7.48. The highest BCUT2D eigenvalue weighted by Crippen LogP contribution is 2.32. The predicted octanol–water partition coefficient (Wildman–Crippen LogP) is 4.24. The number of carbonyl (C=O) groups is 2. The molecule has 2 N–H and O–H groups in total. The molecule has 0 radical (unpaired) electrons. The van der Waals surface area contributed by atoms with Gasteiger partial charge in [-0.25, -0.2) is 9.18 Å². The Morgan fingerprint density at radius 3 is 2.71 bits per heavy atom. The zero-order valence-corrected chi connectivity index (χ0v) is 16.8. The number of rotatable bonds is 5. The van der Waals surface area contributed by atoms with E-state index in [1.807, 2.05) is 12.1 Å². The Hall–Kier alpha value is -3.55. The SMILES string of the molecule is O=C(/C=C/c1ccc2c(c1)OCO2)N[C@@H]1CCC[C@@H](OC(=O)Nc2ccc(F)cc2)C1. The summed E-state index contributed by atoms with van der Waals surface area (Å²) < 4.78 is 29.0. The first-order valence-electron chi connectivity index (χ1n) is 10.2. The number of nitrogens with one attached hydrogen (secondary N) is 2. The fraction of sp³-hybridized carbons (Fsp3) is 0.304. The Kier molecular flexibility index (Phi) is 6.35. The molecule has 2 aliphatic rings. The summed E-state index contributed by atoms with van der Waals surface area (Å²) in [7, 11) is 0. The molecule has 2 atom stereocenters. The highest BCUT2D eigenvalue weighted by Gasteiger charge is 2.25. The van der Waals surface area contributed by atoms with Gasteiger partial charge in [0.15, 0.2) is 11.5 Å². The molecule has 4 rings (SSSR count). The first-order chi connectivity index (χ1) is 15.0. The van der Waals surface area contributed by atoms with Crippen molar-refractivity contribution in [2.24, 2.45) is 0 Å². The van der Waals surface area contributed by atoms with E-state index in [4.69, 9.17) is 14.2 Å². The van der Waals surface area contributed by atoms with Crippen LogP contribution < -0.4 is 20.1 Å². The summed E-state index contributed by atoms with van der Waals surface area (Å²) in [5.41, 5.74) is 1.29. The van der Waals surface area contributed by atoms with Gasteiger partial charge in [0, 0.05) is 24.2 Å². The van der Waals surface area contributed by atoms with Gasteiger partial charge < -0.3 is 19.5 Å². The molecule has 0 bridgehead atoms. The lowest BCUT2D eigenvalue weighted by atomic mass is 9.93. The lowest BCUT2D eigenvalue weighted by Crippen LogP contribution is -2.40. The molecule has 0 saturated heterocycles. The largest absolute Gasteiger partial charge is 0.454 e. The van der Waals surface area contributed by atoms with Crippen molar-refractivity contribution in [1.82, 2.24) is 5.32 Å². The third-order valence-electron chi connectivity index (χ3n) is 5.16. The van der Waals surface area contributed by atoms with E-state index in [0.717, 1.165) is 24.8 Å². The molecule has 2 aromatic rings. The number of halogens is 1. The predicted molar refractivity (Wildman–Crippen MR) is 112 cm³/mol. The fourth-order valence-corrected chi connectivity index (χ4v) is 3.65. The quantitative estimate of drug-likeness (QED) is 0.699. The maximum atomic E-state index is 13.0. The van der Waals surface area contributed by atoms with Crippen molar-refractivity contribution >= 4 is 23.8 Å². The molecule has 7 nitrogen and oxygen atoms in total. The number of hydrogen-bond acceptors (Lipinski definition) is 5. The summed E-state index contributed by atoms with van der Waals surface area (Å²) in [5, 5.41) is 5.55. The molecule has 8 heteroatoms. The van der Waals surface area contributed by atoms with Crippen LogP contribution in [0.4, 0.5) is 14.9 Å². The maximum absolute atomic E-state index is 13.0. The molecular formula is C23H23FN2O5. The molecule has 2 aromatic carbocycles. The monoisotopic (exact) mass is 426 g/mol. The second kappa shape index (κ2) is 9.51. The van der Waals surface area contributed by atoms with Crippen LogP contribution in [0.5, 0.6) is 11.5 Å². The van der Waals surface area contributed by atoms with Crippen LogP contribution in [-0.4, -0.2) is 30.9 Å². The first kappa shape index (κ1) is 20.7. The molecule has 1 aliphatic heterocycles. The van der Waals surface area contributed by atoms with Gasteiger partial charge in [0.05, 0.1) is 0 Å². The van der Waals surface area contributed by atoms with Gasteiger partial charge in [-0.05, 0) is 67.3 Å². The van der Waals surface area contributed by atoms with Crippen LogP contribution >= 0.6 is 0 Å². The molecule has 2 amide bonds. The number of hydrogen-bond donors (Lipinski definition) is 2. The third-order valence-corrected chi connectivity index (χ3v) is 5.16. The van der Waals surface area contributed by atoms with E-state index < -0.39 is 6.09 Å². The highest BCUT2D eigenvalue weighted by molar-refractivity contribution is 5.92. The van der Waals surface area contributed by atoms with Crippen LogP contribution in [0.25, 0.3) is 6.08 Å². The van der Waals surface area contributed by atoms with Crippen LogP contribution in [0.1, 0.15) is 31.2 Å².